The molecule has 0 aromatic rings. The van der Waals surface area contributed by atoms with Crippen LogP contribution in [0.4, 0.5) is 0 Å². The first-order valence-electron chi connectivity index (χ1n) is 6.71. The quantitative estimate of drug-likeness (QED) is 0.596. The number of nitrogens with zero attached hydrogens (tertiary/aromatic N) is 1. The lowest BCUT2D eigenvalue weighted by Gasteiger charge is -2.35. The Kier molecular flexibility index (Phi) is 4.38. The van der Waals surface area contributed by atoms with Gasteiger partial charge in [0.1, 0.15) is 11.1 Å². The normalized spacial score (nSPS) is 25.5. The summed E-state index contributed by atoms with van der Waals surface area (Å²) in [6.45, 7) is 6.54. The molecule has 1 heterocycles. The Morgan fingerprint density at radius 1 is 1.37 bits per heavy atom. The summed E-state index contributed by atoms with van der Waals surface area (Å²) in [7, 11) is 0. The lowest BCUT2D eigenvalue weighted by Crippen LogP contribution is -2.29. The van der Waals surface area contributed by atoms with Gasteiger partial charge < -0.3 is 5.11 Å². The average Bonchev–Trinajstić information content (AvgIpc) is 2.63. The number of allylic oxidation sites excluding steroid dienone is 1. The number of thioether (sulfide) groups is 1. The zero-order valence-corrected chi connectivity index (χ0v) is 13.4. The van der Waals surface area contributed by atoms with Crippen molar-refractivity contribution in [1.29, 1.82) is 0 Å². The van der Waals surface area contributed by atoms with Crippen molar-refractivity contribution in [3.8, 4) is 0 Å². The largest absolute Gasteiger partial charge is 0.376 e. The number of amides is 1. The van der Waals surface area contributed by atoms with Crippen LogP contribution in [-0.4, -0.2) is 27.0 Å². The third-order valence-corrected chi connectivity index (χ3v) is 5.66. The molecule has 2 aliphatic rings. The van der Waals surface area contributed by atoms with Crippen molar-refractivity contribution in [3.05, 3.63) is 10.5 Å². The molecule has 1 saturated heterocycles. The molecule has 1 amide bonds. The molecule has 0 radical (unpaired) electrons. The standard InChI is InChI=1S/C14H21NO2S2/c1-14(2,3)10-6-4-9(5-7-10)11-12(17)15(8-16)13(18)19-11/h10,16H,4-8H2,1-3H3. The number of hydrogen-bond donors (Lipinski definition) is 1. The van der Waals surface area contributed by atoms with Crippen molar-refractivity contribution < 1.29 is 9.90 Å². The van der Waals surface area contributed by atoms with E-state index < -0.39 is 0 Å². The summed E-state index contributed by atoms with van der Waals surface area (Å²) in [6, 6.07) is 0. The number of aliphatic hydroxyl groups is 1. The van der Waals surface area contributed by atoms with E-state index in [1.54, 1.807) is 0 Å². The van der Waals surface area contributed by atoms with Crippen LogP contribution in [0.3, 0.4) is 0 Å². The van der Waals surface area contributed by atoms with Crippen LogP contribution in [0.5, 0.6) is 0 Å². The second kappa shape index (κ2) is 5.54. The first kappa shape index (κ1) is 15.0. The van der Waals surface area contributed by atoms with Crippen molar-refractivity contribution in [3.63, 3.8) is 0 Å². The molecule has 5 heteroatoms. The summed E-state index contributed by atoms with van der Waals surface area (Å²) in [5.41, 5.74) is 1.57. The number of aliphatic hydroxyl groups excluding tert-OH is 1. The molecular formula is C14H21NO2S2. The van der Waals surface area contributed by atoms with Crippen molar-refractivity contribution in [2.75, 3.05) is 6.73 Å². The molecule has 0 unspecified atom stereocenters. The zero-order chi connectivity index (χ0) is 14.2. The Morgan fingerprint density at radius 3 is 2.37 bits per heavy atom. The summed E-state index contributed by atoms with van der Waals surface area (Å²) < 4.78 is 0.480. The lowest BCUT2D eigenvalue weighted by molar-refractivity contribution is -0.124. The first-order valence-corrected chi connectivity index (χ1v) is 7.93. The average molecular weight is 299 g/mol. The van der Waals surface area contributed by atoms with E-state index in [0.29, 0.717) is 9.74 Å². The van der Waals surface area contributed by atoms with Gasteiger partial charge in [0.25, 0.3) is 5.91 Å². The Labute approximate surface area is 124 Å². The van der Waals surface area contributed by atoms with Crippen LogP contribution in [0, 0.1) is 11.3 Å². The molecule has 1 aliphatic heterocycles. The highest BCUT2D eigenvalue weighted by Gasteiger charge is 2.36. The maximum Gasteiger partial charge on any atom is 0.268 e. The van der Waals surface area contributed by atoms with E-state index in [0.717, 1.165) is 36.5 Å². The number of carbonyl (C=O) groups is 1. The fourth-order valence-corrected chi connectivity index (χ4v) is 4.16. The molecule has 0 spiro atoms. The van der Waals surface area contributed by atoms with Gasteiger partial charge in [-0.2, -0.15) is 0 Å². The first-order chi connectivity index (χ1) is 8.84. The Bertz CT molecular complexity index is 427. The third kappa shape index (κ3) is 3.03. The van der Waals surface area contributed by atoms with Crippen LogP contribution in [0.1, 0.15) is 46.5 Å². The van der Waals surface area contributed by atoms with Crippen LogP contribution < -0.4 is 0 Å². The third-order valence-electron chi connectivity index (χ3n) is 4.13. The summed E-state index contributed by atoms with van der Waals surface area (Å²) in [5.74, 6) is 0.612. The zero-order valence-electron chi connectivity index (χ0n) is 11.7. The van der Waals surface area contributed by atoms with Gasteiger partial charge in [0.15, 0.2) is 0 Å². The predicted molar refractivity (Wildman–Crippen MR) is 82.6 cm³/mol. The molecule has 106 valence electrons. The highest BCUT2D eigenvalue weighted by atomic mass is 32.2. The van der Waals surface area contributed by atoms with E-state index in [2.05, 4.69) is 20.8 Å². The molecule has 1 saturated carbocycles. The number of rotatable bonds is 1. The molecule has 3 nitrogen and oxygen atoms in total. The van der Waals surface area contributed by atoms with Gasteiger partial charge in [0, 0.05) is 0 Å². The van der Waals surface area contributed by atoms with Crippen LogP contribution in [-0.2, 0) is 4.79 Å². The fourth-order valence-electron chi connectivity index (χ4n) is 2.80. The molecule has 0 aromatic carbocycles. The van der Waals surface area contributed by atoms with E-state index in [1.165, 1.54) is 22.2 Å². The number of thiocarbonyl (C=S) groups is 1. The van der Waals surface area contributed by atoms with E-state index in [-0.39, 0.29) is 12.6 Å². The topological polar surface area (TPSA) is 40.5 Å². The van der Waals surface area contributed by atoms with E-state index in [4.69, 9.17) is 17.3 Å². The van der Waals surface area contributed by atoms with E-state index in [1.807, 2.05) is 0 Å². The molecule has 0 aromatic heterocycles. The van der Waals surface area contributed by atoms with Gasteiger partial charge in [-0.1, -0.05) is 50.3 Å². The smallest absolute Gasteiger partial charge is 0.268 e. The Hall–Kier alpha value is -0.390. The van der Waals surface area contributed by atoms with E-state index >= 15 is 0 Å². The SMILES string of the molecule is CC(C)(C)C1CCC(=C2SC(=S)N(CO)C2=O)CC1. The Balaban J connectivity index is 2.11. The predicted octanol–water partition coefficient (Wildman–Crippen LogP) is 3.29. The van der Waals surface area contributed by atoms with Crippen LogP contribution in [0.15, 0.2) is 10.5 Å². The molecule has 2 fully saturated rings. The monoisotopic (exact) mass is 299 g/mol. The molecule has 2 rings (SSSR count). The minimum absolute atomic E-state index is 0.110. The summed E-state index contributed by atoms with van der Waals surface area (Å²) in [6.07, 6.45) is 4.25. The minimum Gasteiger partial charge on any atom is -0.376 e. The van der Waals surface area contributed by atoms with Crippen molar-refractivity contribution >= 4 is 34.2 Å². The molecule has 0 bridgehead atoms. The fraction of sp³-hybridized carbons (Fsp3) is 0.714. The van der Waals surface area contributed by atoms with Crippen molar-refractivity contribution in [2.45, 2.75) is 46.5 Å². The van der Waals surface area contributed by atoms with E-state index in [9.17, 15) is 4.79 Å². The number of hydrogen-bond acceptors (Lipinski definition) is 4. The van der Waals surface area contributed by atoms with Gasteiger partial charge in [-0.15, -0.1) is 0 Å². The second-order valence-electron chi connectivity index (χ2n) is 6.32. The second-order valence-corrected chi connectivity index (χ2v) is 7.96. The van der Waals surface area contributed by atoms with Crippen LogP contribution in [0.2, 0.25) is 0 Å². The molecule has 1 N–H and O–H groups in total. The summed E-state index contributed by atoms with van der Waals surface area (Å²) in [4.78, 5) is 14.2. The van der Waals surface area contributed by atoms with Crippen LogP contribution >= 0.6 is 24.0 Å². The summed E-state index contributed by atoms with van der Waals surface area (Å²) in [5, 5.41) is 9.15. The molecule has 19 heavy (non-hydrogen) atoms. The van der Waals surface area contributed by atoms with Gasteiger partial charge >= 0.3 is 0 Å². The number of carbonyl (C=O) groups excluding carboxylic acids is 1. The van der Waals surface area contributed by atoms with Crippen molar-refractivity contribution in [1.82, 2.24) is 4.90 Å². The van der Waals surface area contributed by atoms with Crippen LogP contribution in [0.25, 0.3) is 0 Å². The molecule has 1 aliphatic carbocycles. The lowest BCUT2D eigenvalue weighted by atomic mass is 9.71. The highest BCUT2D eigenvalue weighted by molar-refractivity contribution is 8.26. The Morgan fingerprint density at radius 2 is 1.95 bits per heavy atom. The summed E-state index contributed by atoms with van der Waals surface area (Å²) >= 11 is 6.47. The van der Waals surface area contributed by atoms with Gasteiger partial charge in [-0.25, -0.2) is 0 Å². The maximum atomic E-state index is 12.1. The molecular weight excluding hydrogens is 278 g/mol. The minimum atomic E-state index is -0.313. The maximum absolute atomic E-state index is 12.1. The van der Waals surface area contributed by atoms with Gasteiger partial charge in [-0.3, -0.25) is 9.69 Å². The van der Waals surface area contributed by atoms with Gasteiger partial charge in [0.2, 0.25) is 0 Å². The molecule has 0 atom stereocenters. The highest BCUT2D eigenvalue weighted by Crippen LogP contribution is 2.43. The van der Waals surface area contributed by atoms with Crippen molar-refractivity contribution in [2.24, 2.45) is 11.3 Å². The van der Waals surface area contributed by atoms with Gasteiger partial charge in [0.05, 0.1) is 4.91 Å². The van der Waals surface area contributed by atoms with Gasteiger partial charge in [-0.05, 0) is 37.0 Å².